The van der Waals surface area contributed by atoms with Gasteiger partial charge in [-0.15, -0.1) is 0 Å². The Balaban J connectivity index is 0. The third-order valence-electron chi connectivity index (χ3n) is 8.34. The summed E-state index contributed by atoms with van der Waals surface area (Å²) in [6, 6.07) is 3.66. The number of unbranched alkanes of at least 4 members (excludes halogenated alkanes) is 8. The fraction of sp³-hybridized carbons (Fsp3) is 0.634. The minimum absolute atomic E-state index is 0.173. The van der Waals surface area contributed by atoms with Crippen molar-refractivity contribution in [2.24, 2.45) is 5.92 Å². The molecule has 0 N–H and O–H groups in total. The van der Waals surface area contributed by atoms with Crippen LogP contribution >= 0.6 is 0 Å². The van der Waals surface area contributed by atoms with Gasteiger partial charge in [0.15, 0.2) is 5.78 Å². The monoisotopic (exact) mass is 633 g/mol. The largest absolute Gasteiger partial charge is 0.417 e. The smallest absolute Gasteiger partial charge is 0.295 e. The normalized spacial score (nSPS) is 13.0. The van der Waals surface area contributed by atoms with Crippen LogP contribution in [0.5, 0.6) is 0 Å². The first kappa shape index (κ1) is 44.8. The van der Waals surface area contributed by atoms with Crippen molar-refractivity contribution in [1.82, 2.24) is 0 Å². The Morgan fingerprint density at radius 2 is 1.42 bits per heavy atom. The standard InChI is InChI=1S/C22H29F3O.C14H30.C5H8/c1-7-9-10-18-12-11-15(4)20(17(6)14(3)8-2)21(18)19(13-16(5)26)22(23,24)25;1-4-6-7-8-9-10-11-12-13-14(3)5-2;1-3-5-4-2/h11-13H,7-10H2,1-6H3;14H,4-13H2,1-3H3;3-5H,1H2,2H3/b17-14+,19-13+;;5-4-. The quantitative estimate of drug-likeness (QED) is 0.0894. The number of aryl methyl sites for hydroxylation is 2. The van der Waals surface area contributed by atoms with Crippen LogP contribution < -0.4 is 0 Å². The molecule has 0 saturated heterocycles. The molecular formula is C41H67F3O. The molecule has 0 aliphatic heterocycles. The fourth-order valence-corrected chi connectivity index (χ4v) is 5.06. The van der Waals surface area contributed by atoms with Gasteiger partial charge in [-0.05, 0) is 93.7 Å². The van der Waals surface area contributed by atoms with Crippen LogP contribution in [0, 0.1) is 12.8 Å². The number of allylic oxidation sites excluding steroid dienone is 7. The van der Waals surface area contributed by atoms with Crippen LogP contribution in [0.15, 0.2) is 48.6 Å². The van der Waals surface area contributed by atoms with Crippen LogP contribution in [0.3, 0.4) is 0 Å². The highest BCUT2D eigenvalue weighted by Crippen LogP contribution is 2.41. The fourth-order valence-electron chi connectivity index (χ4n) is 5.06. The predicted molar refractivity (Wildman–Crippen MR) is 195 cm³/mol. The molecule has 4 heteroatoms. The van der Waals surface area contributed by atoms with Crippen molar-refractivity contribution in [3.63, 3.8) is 0 Å². The predicted octanol–water partition coefficient (Wildman–Crippen LogP) is 14.4. The van der Waals surface area contributed by atoms with Crippen molar-refractivity contribution in [3.8, 4) is 0 Å². The van der Waals surface area contributed by atoms with Crippen LogP contribution in [0.1, 0.15) is 168 Å². The van der Waals surface area contributed by atoms with Gasteiger partial charge in [-0.25, -0.2) is 0 Å². The lowest BCUT2D eigenvalue weighted by Gasteiger charge is -2.23. The molecule has 0 amide bonds. The van der Waals surface area contributed by atoms with Crippen molar-refractivity contribution >= 4 is 16.9 Å². The van der Waals surface area contributed by atoms with Crippen LogP contribution in [0.4, 0.5) is 13.2 Å². The van der Waals surface area contributed by atoms with Gasteiger partial charge in [0.2, 0.25) is 0 Å². The van der Waals surface area contributed by atoms with E-state index in [1.54, 1.807) is 12.1 Å². The summed E-state index contributed by atoms with van der Waals surface area (Å²) in [6.45, 7) is 23.2. The summed E-state index contributed by atoms with van der Waals surface area (Å²) in [4.78, 5) is 11.6. The number of carbonyl (C=O) groups excluding carboxylic acids is 1. The summed E-state index contributed by atoms with van der Waals surface area (Å²) in [7, 11) is 0. The highest BCUT2D eigenvalue weighted by molar-refractivity contribution is 5.98. The summed E-state index contributed by atoms with van der Waals surface area (Å²) in [5, 5.41) is 0. The number of carbonyl (C=O) groups is 1. The molecule has 0 fully saturated rings. The third-order valence-corrected chi connectivity index (χ3v) is 8.34. The molecule has 258 valence electrons. The van der Waals surface area contributed by atoms with Crippen molar-refractivity contribution in [2.45, 2.75) is 165 Å². The third kappa shape index (κ3) is 20.4. The number of hydrogen-bond donors (Lipinski definition) is 0. The van der Waals surface area contributed by atoms with Crippen LogP contribution in [0.25, 0.3) is 11.1 Å². The maximum absolute atomic E-state index is 13.9. The van der Waals surface area contributed by atoms with Crippen LogP contribution in [0.2, 0.25) is 0 Å². The Morgan fingerprint density at radius 1 is 0.867 bits per heavy atom. The van der Waals surface area contributed by atoms with Gasteiger partial charge in [0.25, 0.3) is 0 Å². The maximum Gasteiger partial charge on any atom is 0.417 e. The molecule has 1 unspecified atom stereocenters. The Bertz CT molecular complexity index is 1040. The zero-order chi connectivity index (χ0) is 34.8. The highest BCUT2D eigenvalue weighted by atomic mass is 19.4. The second kappa shape index (κ2) is 26.8. The zero-order valence-corrected chi connectivity index (χ0v) is 30.7. The lowest BCUT2D eigenvalue weighted by atomic mass is 9.83. The average Bonchev–Trinajstić information content (AvgIpc) is 3.00. The minimum Gasteiger partial charge on any atom is -0.295 e. The van der Waals surface area contributed by atoms with E-state index in [9.17, 15) is 18.0 Å². The van der Waals surface area contributed by atoms with Gasteiger partial charge >= 0.3 is 6.18 Å². The van der Waals surface area contributed by atoms with Crippen LogP contribution in [-0.4, -0.2) is 12.0 Å². The van der Waals surface area contributed by atoms with E-state index in [1.165, 1.54) is 64.2 Å². The molecular weight excluding hydrogens is 565 g/mol. The Morgan fingerprint density at radius 3 is 1.84 bits per heavy atom. The molecule has 0 aliphatic rings. The molecule has 0 aromatic heterocycles. The molecule has 0 heterocycles. The number of rotatable bonds is 18. The minimum atomic E-state index is -4.59. The number of hydrogen-bond acceptors (Lipinski definition) is 1. The number of halogens is 3. The summed E-state index contributed by atoms with van der Waals surface area (Å²) >= 11 is 0. The number of benzene rings is 1. The molecule has 0 spiro atoms. The van der Waals surface area contributed by atoms with Crippen molar-refractivity contribution in [2.75, 3.05) is 0 Å². The van der Waals surface area contributed by atoms with Gasteiger partial charge in [0, 0.05) is 0 Å². The molecule has 1 nitrogen and oxygen atoms in total. The first-order valence-electron chi connectivity index (χ1n) is 17.6. The topological polar surface area (TPSA) is 17.1 Å². The Labute approximate surface area is 276 Å². The van der Waals surface area contributed by atoms with E-state index in [1.807, 2.05) is 59.8 Å². The first-order chi connectivity index (χ1) is 21.3. The molecule has 0 radical (unpaired) electrons. The van der Waals surface area contributed by atoms with E-state index < -0.39 is 17.5 Å². The number of alkyl halides is 3. The van der Waals surface area contributed by atoms with Gasteiger partial charge in [-0.3, -0.25) is 4.79 Å². The Hall–Kier alpha value is -2.36. The van der Waals surface area contributed by atoms with Crippen LogP contribution in [-0.2, 0) is 11.2 Å². The summed E-state index contributed by atoms with van der Waals surface area (Å²) in [6.07, 6.45) is 19.2. The molecule has 0 saturated carbocycles. The molecule has 1 aromatic carbocycles. The lowest BCUT2D eigenvalue weighted by molar-refractivity contribution is -0.113. The van der Waals surface area contributed by atoms with Crippen molar-refractivity contribution < 1.29 is 18.0 Å². The van der Waals surface area contributed by atoms with Gasteiger partial charge in [-0.1, -0.05) is 148 Å². The lowest BCUT2D eigenvalue weighted by Crippen LogP contribution is -2.16. The summed E-state index contributed by atoms with van der Waals surface area (Å²) < 4.78 is 41.7. The van der Waals surface area contributed by atoms with Gasteiger partial charge < -0.3 is 0 Å². The van der Waals surface area contributed by atoms with E-state index in [4.69, 9.17) is 0 Å². The molecule has 0 bridgehead atoms. The van der Waals surface area contributed by atoms with E-state index >= 15 is 0 Å². The molecule has 1 rings (SSSR count). The number of ketones is 1. The second-order valence-corrected chi connectivity index (χ2v) is 12.4. The molecule has 0 aliphatic carbocycles. The SMILES string of the molecule is C=C/C=C\C.CCCCCCCCCCC(C)CC.CCCCc1ccc(C)c(/C(C)=C(\C)CC)c1/C(=C\C(C)=O)C(F)(F)F. The molecule has 45 heavy (non-hydrogen) atoms. The summed E-state index contributed by atoms with van der Waals surface area (Å²) in [5.41, 5.74) is 3.31. The van der Waals surface area contributed by atoms with Gasteiger partial charge in [-0.2, -0.15) is 13.2 Å². The van der Waals surface area contributed by atoms with E-state index in [-0.39, 0.29) is 5.56 Å². The average molecular weight is 633 g/mol. The highest BCUT2D eigenvalue weighted by Gasteiger charge is 2.38. The second-order valence-electron chi connectivity index (χ2n) is 12.4. The van der Waals surface area contributed by atoms with Gasteiger partial charge in [0.05, 0.1) is 5.57 Å². The Kier molecular flexibility index (Phi) is 26.7. The summed E-state index contributed by atoms with van der Waals surface area (Å²) in [5.74, 6) is 0.357. The first-order valence-corrected chi connectivity index (χ1v) is 17.6. The van der Waals surface area contributed by atoms with E-state index in [0.29, 0.717) is 17.5 Å². The maximum atomic E-state index is 13.9. The van der Waals surface area contributed by atoms with Crippen molar-refractivity contribution in [1.29, 1.82) is 0 Å². The van der Waals surface area contributed by atoms with E-state index in [0.717, 1.165) is 54.9 Å². The van der Waals surface area contributed by atoms with Crippen molar-refractivity contribution in [3.05, 3.63) is 70.8 Å². The molecule has 1 atom stereocenters. The van der Waals surface area contributed by atoms with Gasteiger partial charge in [0.1, 0.15) is 0 Å². The van der Waals surface area contributed by atoms with E-state index in [2.05, 4.69) is 27.4 Å². The molecule has 1 aromatic rings. The zero-order valence-electron chi connectivity index (χ0n) is 30.7.